The number of hydrogen-bond acceptors (Lipinski definition) is 2. The zero-order valence-corrected chi connectivity index (χ0v) is 10.9. The van der Waals surface area contributed by atoms with Crippen molar-refractivity contribution in [3.8, 4) is 0 Å². The van der Waals surface area contributed by atoms with Gasteiger partial charge in [0.05, 0.1) is 10.7 Å². The van der Waals surface area contributed by atoms with Crippen LogP contribution in [0.25, 0.3) is 0 Å². The Morgan fingerprint density at radius 1 is 1.44 bits per heavy atom. The number of hydrogen-bond donors (Lipinski definition) is 3. The van der Waals surface area contributed by atoms with Gasteiger partial charge in [-0.25, -0.2) is 9.59 Å². The van der Waals surface area contributed by atoms with E-state index in [1.807, 2.05) is 0 Å². The van der Waals surface area contributed by atoms with E-state index < -0.39 is 18.0 Å². The molecule has 18 heavy (non-hydrogen) atoms. The van der Waals surface area contributed by atoms with E-state index in [0.29, 0.717) is 17.1 Å². The lowest BCUT2D eigenvalue weighted by Crippen LogP contribution is -2.42. The molecule has 3 N–H and O–H groups in total. The molecule has 0 radical (unpaired) electrons. The minimum Gasteiger partial charge on any atom is -0.480 e. The first-order valence-corrected chi connectivity index (χ1v) is 5.89. The van der Waals surface area contributed by atoms with Gasteiger partial charge in [0.2, 0.25) is 0 Å². The molecule has 6 heteroatoms. The number of carbonyl (C=O) groups excluding carboxylic acids is 1. The van der Waals surface area contributed by atoms with Crippen molar-refractivity contribution in [1.82, 2.24) is 5.32 Å². The number of rotatable bonds is 4. The molecule has 1 aromatic carbocycles. The Morgan fingerprint density at radius 3 is 2.61 bits per heavy atom. The van der Waals surface area contributed by atoms with Crippen LogP contribution in [0.3, 0.4) is 0 Å². The highest BCUT2D eigenvalue weighted by Gasteiger charge is 2.18. The number of carboxylic acid groups (broad SMARTS) is 1. The highest BCUT2D eigenvalue weighted by atomic mass is 35.5. The Morgan fingerprint density at radius 2 is 2.11 bits per heavy atom. The minimum absolute atomic E-state index is 0.310. The summed E-state index contributed by atoms with van der Waals surface area (Å²) in [5.41, 5.74) is 1.29. The second-order valence-corrected chi connectivity index (χ2v) is 4.24. The average Bonchev–Trinajstić information content (AvgIpc) is 2.30. The van der Waals surface area contributed by atoms with E-state index in [9.17, 15) is 9.59 Å². The van der Waals surface area contributed by atoms with Crippen LogP contribution >= 0.6 is 11.6 Å². The second kappa shape index (κ2) is 6.26. The van der Waals surface area contributed by atoms with Crippen LogP contribution < -0.4 is 10.6 Å². The average molecular weight is 271 g/mol. The number of anilines is 1. The van der Waals surface area contributed by atoms with Crippen LogP contribution in [0.2, 0.25) is 5.02 Å². The molecular weight excluding hydrogens is 256 g/mol. The summed E-state index contributed by atoms with van der Waals surface area (Å²) in [6.07, 6.45) is 0.310. The standard InChI is InChI=1S/C12H15ClN2O3/c1-3-9(11(16)17)14-12(18)15-10-7(2)5-4-6-8(10)13/h4-6,9H,3H2,1-2H3,(H,16,17)(H2,14,15,18)/t9-/m1/s1. The summed E-state index contributed by atoms with van der Waals surface area (Å²) in [6, 6.07) is 3.73. The van der Waals surface area contributed by atoms with Crippen molar-refractivity contribution < 1.29 is 14.7 Å². The van der Waals surface area contributed by atoms with E-state index in [1.54, 1.807) is 32.0 Å². The van der Waals surface area contributed by atoms with E-state index in [2.05, 4.69) is 10.6 Å². The van der Waals surface area contributed by atoms with Gasteiger partial charge in [-0.15, -0.1) is 0 Å². The molecule has 1 atom stereocenters. The van der Waals surface area contributed by atoms with Crippen LogP contribution in [0.1, 0.15) is 18.9 Å². The van der Waals surface area contributed by atoms with Crippen molar-refractivity contribution >= 4 is 29.3 Å². The zero-order valence-electron chi connectivity index (χ0n) is 10.2. The van der Waals surface area contributed by atoms with E-state index in [1.165, 1.54) is 0 Å². The first kappa shape index (κ1) is 14.3. The fraction of sp³-hybridized carbons (Fsp3) is 0.333. The molecule has 98 valence electrons. The van der Waals surface area contributed by atoms with E-state index in [4.69, 9.17) is 16.7 Å². The Balaban J connectivity index is 2.73. The third-order valence-electron chi connectivity index (χ3n) is 2.47. The van der Waals surface area contributed by atoms with Gasteiger partial charge in [0.25, 0.3) is 0 Å². The smallest absolute Gasteiger partial charge is 0.326 e. The van der Waals surface area contributed by atoms with Gasteiger partial charge >= 0.3 is 12.0 Å². The molecule has 0 heterocycles. The number of aryl methyl sites for hydroxylation is 1. The Bertz CT molecular complexity index is 442. The molecule has 0 aromatic heterocycles. The number of nitrogens with one attached hydrogen (secondary N) is 2. The normalized spacial score (nSPS) is 11.7. The highest BCUT2D eigenvalue weighted by molar-refractivity contribution is 6.33. The Hall–Kier alpha value is -1.75. The lowest BCUT2D eigenvalue weighted by atomic mass is 10.2. The number of halogens is 1. The third-order valence-corrected chi connectivity index (χ3v) is 2.79. The zero-order chi connectivity index (χ0) is 13.7. The quantitative estimate of drug-likeness (QED) is 0.787. The number of aliphatic carboxylic acids is 1. The summed E-state index contributed by atoms with van der Waals surface area (Å²) in [5, 5.41) is 14.2. The van der Waals surface area contributed by atoms with Crippen LogP contribution in [0.15, 0.2) is 18.2 Å². The first-order valence-electron chi connectivity index (χ1n) is 5.51. The van der Waals surface area contributed by atoms with Gasteiger partial charge < -0.3 is 15.7 Å². The molecule has 5 nitrogen and oxygen atoms in total. The Kier molecular flexibility index (Phi) is 4.97. The summed E-state index contributed by atoms with van der Waals surface area (Å²) in [5.74, 6) is -1.07. The summed E-state index contributed by atoms with van der Waals surface area (Å²) in [4.78, 5) is 22.4. The third kappa shape index (κ3) is 3.63. The maximum absolute atomic E-state index is 11.6. The van der Waals surface area contributed by atoms with Crippen LogP contribution in [0.5, 0.6) is 0 Å². The number of benzene rings is 1. The molecule has 0 aliphatic carbocycles. The first-order chi connectivity index (χ1) is 8.45. The monoisotopic (exact) mass is 270 g/mol. The number of amides is 2. The van der Waals surface area contributed by atoms with Crippen LogP contribution in [-0.4, -0.2) is 23.1 Å². The molecule has 0 spiro atoms. The maximum atomic E-state index is 11.6. The van der Waals surface area contributed by atoms with Gasteiger partial charge in [-0.2, -0.15) is 0 Å². The van der Waals surface area contributed by atoms with Crippen LogP contribution in [0, 0.1) is 6.92 Å². The van der Waals surface area contributed by atoms with Gasteiger partial charge in [0, 0.05) is 0 Å². The summed E-state index contributed by atoms with van der Waals surface area (Å²) < 4.78 is 0. The number of carbonyl (C=O) groups is 2. The lowest BCUT2D eigenvalue weighted by Gasteiger charge is -2.15. The van der Waals surface area contributed by atoms with E-state index in [0.717, 1.165) is 5.56 Å². The van der Waals surface area contributed by atoms with Crippen molar-refractivity contribution in [2.75, 3.05) is 5.32 Å². The molecule has 0 aliphatic rings. The van der Waals surface area contributed by atoms with Crippen molar-refractivity contribution in [3.05, 3.63) is 28.8 Å². The fourth-order valence-corrected chi connectivity index (χ4v) is 1.71. The van der Waals surface area contributed by atoms with Crippen molar-refractivity contribution in [2.24, 2.45) is 0 Å². The van der Waals surface area contributed by atoms with Crippen molar-refractivity contribution in [3.63, 3.8) is 0 Å². The van der Waals surface area contributed by atoms with E-state index in [-0.39, 0.29) is 0 Å². The maximum Gasteiger partial charge on any atom is 0.326 e. The van der Waals surface area contributed by atoms with Gasteiger partial charge in [-0.1, -0.05) is 30.7 Å². The molecular formula is C12H15ClN2O3. The van der Waals surface area contributed by atoms with Crippen LogP contribution in [0.4, 0.5) is 10.5 Å². The second-order valence-electron chi connectivity index (χ2n) is 3.83. The van der Waals surface area contributed by atoms with Gasteiger partial charge in [0.15, 0.2) is 0 Å². The van der Waals surface area contributed by atoms with Gasteiger partial charge in [-0.05, 0) is 25.0 Å². The molecule has 0 unspecified atom stereocenters. The minimum atomic E-state index is -1.07. The Labute approximate surface area is 110 Å². The molecule has 0 fully saturated rings. The van der Waals surface area contributed by atoms with Crippen molar-refractivity contribution in [1.29, 1.82) is 0 Å². The fourth-order valence-electron chi connectivity index (χ4n) is 1.44. The summed E-state index contributed by atoms with van der Waals surface area (Å²) in [6.45, 7) is 3.48. The number of urea groups is 1. The summed E-state index contributed by atoms with van der Waals surface area (Å²) >= 11 is 5.95. The predicted molar refractivity (Wildman–Crippen MR) is 70.1 cm³/mol. The number of carboxylic acids is 1. The summed E-state index contributed by atoms with van der Waals surface area (Å²) in [7, 11) is 0. The largest absolute Gasteiger partial charge is 0.480 e. The van der Waals surface area contributed by atoms with Crippen molar-refractivity contribution in [2.45, 2.75) is 26.3 Å². The molecule has 2 amide bonds. The molecule has 0 saturated heterocycles. The van der Waals surface area contributed by atoms with Crippen LogP contribution in [-0.2, 0) is 4.79 Å². The van der Waals surface area contributed by atoms with E-state index >= 15 is 0 Å². The molecule has 0 saturated carbocycles. The lowest BCUT2D eigenvalue weighted by molar-refractivity contribution is -0.139. The predicted octanol–water partition coefficient (Wildman–Crippen LogP) is 2.63. The van der Waals surface area contributed by atoms with Gasteiger partial charge in [0.1, 0.15) is 6.04 Å². The SMILES string of the molecule is CC[C@@H](NC(=O)Nc1c(C)cccc1Cl)C(=O)O. The number of para-hydroxylation sites is 1. The highest BCUT2D eigenvalue weighted by Crippen LogP contribution is 2.24. The molecule has 0 bridgehead atoms. The molecule has 0 aliphatic heterocycles. The molecule has 1 rings (SSSR count). The van der Waals surface area contributed by atoms with Gasteiger partial charge in [-0.3, -0.25) is 0 Å². The topological polar surface area (TPSA) is 78.4 Å². The molecule has 1 aromatic rings.